The molecule has 0 amide bonds. The summed E-state index contributed by atoms with van der Waals surface area (Å²) in [5, 5.41) is 9.89. The van der Waals surface area contributed by atoms with Crippen molar-refractivity contribution in [3.8, 4) is 11.1 Å². The summed E-state index contributed by atoms with van der Waals surface area (Å²) in [5.41, 5.74) is 9.41. The summed E-state index contributed by atoms with van der Waals surface area (Å²) in [6, 6.07) is 8.47. The van der Waals surface area contributed by atoms with E-state index in [2.05, 4.69) is 4.98 Å². The number of rotatable bonds is 11. The molecule has 0 aliphatic heterocycles. The number of aliphatic imine (C=N–C) groups is 1. The molecule has 202 valence electrons. The van der Waals surface area contributed by atoms with Gasteiger partial charge in [0.2, 0.25) is 0 Å². The number of para-hydroxylation sites is 1. The first-order valence-electron chi connectivity index (χ1n) is 13.9. The smallest absolute Gasteiger partial charge is 0.129 e. The third-order valence-electron chi connectivity index (χ3n) is 7.34. The molecule has 3 N–H and O–H groups in total. The highest BCUT2D eigenvalue weighted by Gasteiger charge is 2.16. The molecule has 7 heteroatoms. The summed E-state index contributed by atoms with van der Waals surface area (Å²) < 4.78 is 30.1. The monoisotopic (exact) mass is 520 g/mol. The lowest BCUT2D eigenvalue weighted by atomic mass is 9.96. The molecule has 0 radical (unpaired) electrons. The summed E-state index contributed by atoms with van der Waals surface area (Å²) in [5.74, 6) is -1.14. The van der Waals surface area contributed by atoms with Crippen molar-refractivity contribution in [3.63, 3.8) is 0 Å². The third-order valence-corrected chi connectivity index (χ3v) is 7.34. The van der Waals surface area contributed by atoms with Crippen LogP contribution in [-0.2, 0) is 6.42 Å². The molecular weight excluding hydrogens is 482 g/mol. The summed E-state index contributed by atoms with van der Waals surface area (Å²) in [4.78, 5) is 14.1. The quantitative estimate of drug-likeness (QED) is 0.208. The van der Waals surface area contributed by atoms with Gasteiger partial charge in [-0.05, 0) is 62.3 Å². The van der Waals surface area contributed by atoms with Gasteiger partial charge in [0.25, 0.3) is 0 Å². The van der Waals surface area contributed by atoms with Crippen molar-refractivity contribution in [2.45, 2.75) is 89.7 Å². The molecule has 1 atom stereocenters. The SMILES string of the molecule is CCCC(O)CCCCc1c(F)cc(-c2cccc3ncc(C(C=NC4CCCCC4)=CN)nc23)cc1F. The normalized spacial score (nSPS) is 15.9. The number of nitrogens with zero attached hydrogens (tertiary/aromatic N) is 3. The molecule has 1 saturated carbocycles. The van der Waals surface area contributed by atoms with E-state index in [9.17, 15) is 5.11 Å². The maximum atomic E-state index is 15.1. The maximum absolute atomic E-state index is 15.1. The second kappa shape index (κ2) is 13.6. The molecule has 0 bridgehead atoms. The van der Waals surface area contributed by atoms with Crippen LogP contribution in [0.25, 0.3) is 27.7 Å². The number of allylic oxidation sites excluding steroid dienone is 1. The third kappa shape index (κ3) is 7.01. The van der Waals surface area contributed by atoms with Gasteiger partial charge in [0.15, 0.2) is 0 Å². The number of nitrogens with two attached hydrogens (primary N) is 1. The Labute approximate surface area is 223 Å². The van der Waals surface area contributed by atoms with Gasteiger partial charge in [-0.25, -0.2) is 13.8 Å². The number of unbranched alkanes of at least 4 members (excludes halogenated alkanes) is 1. The maximum Gasteiger partial charge on any atom is 0.129 e. The Hall–Kier alpha value is -3.19. The van der Waals surface area contributed by atoms with Crippen LogP contribution < -0.4 is 5.73 Å². The van der Waals surface area contributed by atoms with Crippen molar-refractivity contribution >= 4 is 22.8 Å². The van der Waals surface area contributed by atoms with Crippen LogP contribution in [0, 0.1) is 11.6 Å². The highest BCUT2D eigenvalue weighted by atomic mass is 19.1. The Kier molecular flexibility index (Phi) is 9.93. The van der Waals surface area contributed by atoms with Crippen LogP contribution in [-0.4, -0.2) is 33.4 Å². The van der Waals surface area contributed by atoms with Crippen LogP contribution in [0.3, 0.4) is 0 Å². The fourth-order valence-electron chi connectivity index (χ4n) is 5.17. The average molecular weight is 521 g/mol. The lowest BCUT2D eigenvalue weighted by Crippen LogP contribution is -2.10. The molecule has 0 spiro atoms. The first-order valence-corrected chi connectivity index (χ1v) is 13.9. The Morgan fingerprint density at radius 2 is 1.89 bits per heavy atom. The largest absolute Gasteiger partial charge is 0.404 e. The predicted octanol–water partition coefficient (Wildman–Crippen LogP) is 7.15. The minimum absolute atomic E-state index is 0.0815. The van der Waals surface area contributed by atoms with Crippen molar-refractivity contribution in [1.82, 2.24) is 9.97 Å². The second-order valence-corrected chi connectivity index (χ2v) is 10.2. The van der Waals surface area contributed by atoms with Crippen LogP contribution in [0.1, 0.15) is 82.4 Å². The second-order valence-electron chi connectivity index (χ2n) is 10.2. The molecule has 1 aliphatic carbocycles. The van der Waals surface area contributed by atoms with Crippen molar-refractivity contribution in [3.05, 3.63) is 65.6 Å². The molecular formula is C31H38F2N4O. The predicted molar refractivity (Wildman–Crippen MR) is 151 cm³/mol. The van der Waals surface area contributed by atoms with Crippen LogP contribution in [0.15, 0.2) is 47.7 Å². The van der Waals surface area contributed by atoms with Crippen LogP contribution in [0.4, 0.5) is 8.78 Å². The lowest BCUT2D eigenvalue weighted by Gasteiger charge is -2.17. The van der Waals surface area contributed by atoms with Gasteiger partial charge >= 0.3 is 0 Å². The van der Waals surface area contributed by atoms with Crippen molar-refractivity contribution in [2.24, 2.45) is 10.7 Å². The molecule has 1 heterocycles. The van der Waals surface area contributed by atoms with E-state index in [1.807, 2.05) is 19.1 Å². The van der Waals surface area contributed by atoms with Gasteiger partial charge in [0, 0.05) is 35.2 Å². The first-order chi connectivity index (χ1) is 18.5. The van der Waals surface area contributed by atoms with Crippen LogP contribution in [0.5, 0.6) is 0 Å². The fourth-order valence-corrected chi connectivity index (χ4v) is 5.17. The Bertz CT molecular complexity index is 1260. The number of benzene rings is 2. The Balaban J connectivity index is 1.56. The molecule has 38 heavy (non-hydrogen) atoms. The minimum Gasteiger partial charge on any atom is -0.404 e. The van der Waals surface area contributed by atoms with Crippen LogP contribution in [0.2, 0.25) is 0 Å². The van der Waals surface area contributed by atoms with Gasteiger partial charge in [-0.1, -0.05) is 51.2 Å². The molecule has 2 aromatic carbocycles. The van der Waals surface area contributed by atoms with E-state index >= 15 is 8.78 Å². The van der Waals surface area contributed by atoms with E-state index in [1.165, 1.54) is 37.6 Å². The number of aliphatic hydroxyl groups is 1. The van der Waals surface area contributed by atoms with Gasteiger partial charge in [-0.3, -0.25) is 9.98 Å². The molecule has 4 rings (SSSR count). The topological polar surface area (TPSA) is 84.4 Å². The summed E-state index contributed by atoms with van der Waals surface area (Å²) in [7, 11) is 0. The van der Waals surface area contributed by atoms with Gasteiger partial charge in [0.05, 0.1) is 29.0 Å². The molecule has 3 aromatic rings. The molecule has 1 fully saturated rings. The molecule has 1 unspecified atom stereocenters. The van der Waals surface area contributed by atoms with E-state index in [0.29, 0.717) is 58.7 Å². The summed E-state index contributed by atoms with van der Waals surface area (Å²) >= 11 is 0. The van der Waals surface area contributed by atoms with E-state index in [1.54, 1.807) is 18.5 Å². The molecule has 1 aliphatic rings. The van der Waals surface area contributed by atoms with Gasteiger partial charge < -0.3 is 10.8 Å². The summed E-state index contributed by atoms with van der Waals surface area (Å²) in [6.07, 6.45) is 14.3. The Morgan fingerprint density at radius 3 is 2.61 bits per heavy atom. The molecule has 1 aromatic heterocycles. The van der Waals surface area contributed by atoms with E-state index in [0.717, 1.165) is 32.1 Å². The Morgan fingerprint density at radius 1 is 1.13 bits per heavy atom. The molecule has 5 nitrogen and oxygen atoms in total. The minimum atomic E-state index is -0.572. The van der Waals surface area contributed by atoms with Gasteiger partial charge in [-0.2, -0.15) is 0 Å². The number of hydrogen-bond donors (Lipinski definition) is 2. The van der Waals surface area contributed by atoms with Crippen molar-refractivity contribution in [2.75, 3.05) is 0 Å². The number of fused-ring (bicyclic) bond motifs is 1. The zero-order chi connectivity index (χ0) is 26.9. The van der Waals surface area contributed by atoms with E-state index < -0.39 is 11.6 Å². The number of aliphatic hydroxyl groups excluding tert-OH is 1. The number of aromatic nitrogens is 2. The first kappa shape index (κ1) is 27.8. The highest BCUT2D eigenvalue weighted by molar-refractivity contribution is 6.09. The molecule has 0 saturated heterocycles. The van der Waals surface area contributed by atoms with Gasteiger partial charge in [0.1, 0.15) is 11.6 Å². The van der Waals surface area contributed by atoms with Crippen LogP contribution >= 0.6 is 0 Å². The number of halogens is 2. The zero-order valence-corrected chi connectivity index (χ0v) is 22.2. The standard InChI is InChI=1S/C31H38F2N4O/c1-2-9-24(38)12-6-7-13-26-27(32)16-21(17-28(26)33)25-14-8-15-29-31(25)37-30(20-36-29)22(18-34)19-35-23-10-4-3-5-11-23/h8,14-20,23-24,38H,2-7,9-13,34H2,1H3. The lowest BCUT2D eigenvalue weighted by molar-refractivity contribution is 0.150. The van der Waals surface area contributed by atoms with E-state index in [4.69, 9.17) is 15.7 Å². The number of hydrogen-bond acceptors (Lipinski definition) is 5. The summed E-state index contributed by atoms with van der Waals surface area (Å²) in [6.45, 7) is 2.03. The van der Waals surface area contributed by atoms with E-state index in [-0.39, 0.29) is 11.7 Å². The van der Waals surface area contributed by atoms with Crippen molar-refractivity contribution in [1.29, 1.82) is 0 Å². The highest BCUT2D eigenvalue weighted by Crippen LogP contribution is 2.31. The zero-order valence-electron chi connectivity index (χ0n) is 22.2. The fraction of sp³-hybridized carbons (Fsp3) is 0.452. The average Bonchev–Trinajstić information content (AvgIpc) is 2.92. The van der Waals surface area contributed by atoms with Gasteiger partial charge in [-0.15, -0.1) is 0 Å². The van der Waals surface area contributed by atoms with Crippen molar-refractivity contribution < 1.29 is 13.9 Å².